The Hall–Kier alpha value is -2.68. The van der Waals surface area contributed by atoms with Crippen molar-refractivity contribution in [3.8, 4) is 5.75 Å². The minimum absolute atomic E-state index is 0.0727. The van der Waals surface area contributed by atoms with Crippen molar-refractivity contribution in [2.24, 2.45) is 0 Å². The smallest absolute Gasteiger partial charge is 0.328 e. The van der Waals surface area contributed by atoms with Gasteiger partial charge in [0.1, 0.15) is 5.75 Å². The van der Waals surface area contributed by atoms with Gasteiger partial charge in [-0.05, 0) is 13.0 Å². The van der Waals surface area contributed by atoms with Crippen LogP contribution in [0.25, 0.3) is 0 Å². The molecule has 9 heteroatoms. The van der Waals surface area contributed by atoms with Crippen molar-refractivity contribution in [3.05, 3.63) is 33.9 Å². The predicted octanol–water partition coefficient (Wildman–Crippen LogP) is 0.167. The highest BCUT2D eigenvalue weighted by molar-refractivity contribution is 6.02. The molecule has 1 rings (SSSR count). The maximum absolute atomic E-state index is 12.1. The minimum Gasteiger partial charge on any atom is -0.496 e. The number of aliphatic carboxylic acids is 1. The second-order valence-corrected chi connectivity index (χ2v) is 4.14. The summed E-state index contributed by atoms with van der Waals surface area (Å²) in [6.07, 6.45) is -1.37. The average Bonchev–Trinajstić information content (AvgIpc) is 2.42. The van der Waals surface area contributed by atoms with E-state index >= 15 is 0 Å². The first-order chi connectivity index (χ1) is 9.79. The molecule has 1 aromatic carbocycles. The van der Waals surface area contributed by atoms with E-state index in [9.17, 15) is 24.8 Å². The van der Waals surface area contributed by atoms with Gasteiger partial charge in [0.05, 0.1) is 18.1 Å². The topological polar surface area (TPSA) is 139 Å². The van der Waals surface area contributed by atoms with Gasteiger partial charge < -0.3 is 20.3 Å². The lowest BCUT2D eigenvalue weighted by Crippen LogP contribution is -2.47. The summed E-state index contributed by atoms with van der Waals surface area (Å²) in [4.78, 5) is 33.2. The number of aliphatic hydroxyl groups excluding tert-OH is 1. The molecule has 2 atom stereocenters. The van der Waals surface area contributed by atoms with Crippen molar-refractivity contribution < 1.29 is 29.5 Å². The lowest BCUT2D eigenvalue weighted by atomic mass is 10.1. The third-order valence-electron chi connectivity index (χ3n) is 2.68. The molecule has 0 saturated heterocycles. The highest BCUT2D eigenvalue weighted by atomic mass is 16.6. The van der Waals surface area contributed by atoms with Crippen LogP contribution in [0.1, 0.15) is 17.3 Å². The van der Waals surface area contributed by atoms with Gasteiger partial charge in [-0.1, -0.05) is 6.07 Å². The number of carboxylic acids is 1. The first kappa shape index (κ1) is 16.4. The van der Waals surface area contributed by atoms with E-state index in [1.165, 1.54) is 26.2 Å². The molecule has 0 aliphatic carbocycles. The number of hydrogen-bond acceptors (Lipinski definition) is 6. The van der Waals surface area contributed by atoms with Crippen LogP contribution in [0.3, 0.4) is 0 Å². The maximum Gasteiger partial charge on any atom is 0.328 e. The van der Waals surface area contributed by atoms with Gasteiger partial charge in [0, 0.05) is 6.07 Å². The fourth-order valence-electron chi connectivity index (χ4n) is 1.67. The van der Waals surface area contributed by atoms with E-state index in [0.717, 1.165) is 6.07 Å². The number of carboxylic acid groups (broad SMARTS) is 1. The van der Waals surface area contributed by atoms with Crippen LogP contribution in [0.4, 0.5) is 5.69 Å². The number of carbonyl (C=O) groups excluding carboxylic acids is 1. The number of hydrogen-bond donors (Lipinski definition) is 3. The Morgan fingerprint density at radius 3 is 2.48 bits per heavy atom. The third-order valence-corrected chi connectivity index (χ3v) is 2.68. The van der Waals surface area contributed by atoms with Crippen molar-refractivity contribution in [2.45, 2.75) is 19.1 Å². The van der Waals surface area contributed by atoms with Gasteiger partial charge in [0.15, 0.2) is 11.6 Å². The first-order valence-corrected chi connectivity index (χ1v) is 5.82. The Kier molecular flexibility index (Phi) is 5.19. The fourth-order valence-corrected chi connectivity index (χ4v) is 1.67. The number of benzene rings is 1. The first-order valence-electron chi connectivity index (χ1n) is 5.82. The summed E-state index contributed by atoms with van der Waals surface area (Å²) in [5.41, 5.74) is -0.932. The van der Waals surface area contributed by atoms with Crippen molar-refractivity contribution in [1.82, 2.24) is 5.32 Å². The van der Waals surface area contributed by atoms with Gasteiger partial charge in [-0.3, -0.25) is 14.9 Å². The lowest BCUT2D eigenvalue weighted by Gasteiger charge is -2.17. The third kappa shape index (κ3) is 3.66. The van der Waals surface area contributed by atoms with Crippen LogP contribution in [-0.4, -0.2) is 46.3 Å². The van der Waals surface area contributed by atoms with Gasteiger partial charge >= 0.3 is 5.97 Å². The molecule has 114 valence electrons. The van der Waals surface area contributed by atoms with E-state index in [0.29, 0.717) is 0 Å². The molecule has 0 saturated carbocycles. The molecule has 0 radical (unpaired) electrons. The quantitative estimate of drug-likeness (QED) is 0.502. The minimum atomic E-state index is -1.60. The number of rotatable bonds is 6. The molecule has 0 heterocycles. The molecule has 0 aliphatic heterocycles. The average molecular weight is 298 g/mol. The number of amides is 1. The summed E-state index contributed by atoms with van der Waals surface area (Å²) in [6.45, 7) is 1.18. The van der Waals surface area contributed by atoms with Crippen LogP contribution in [0, 0.1) is 10.1 Å². The fraction of sp³-hybridized carbons (Fsp3) is 0.333. The predicted molar refractivity (Wildman–Crippen MR) is 70.2 cm³/mol. The molecule has 3 N–H and O–H groups in total. The van der Waals surface area contributed by atoms with Crippen LogP contribution in [-0.2, 0) is 4.79 Å². The largest absolute Gasteiger partial charge is 0.496 e. The van der Waals surface area contributed by atoms with Crippen molar-refractivity contribution in [3.63, 3.8) is 0 Å². The number of nitro groups is 1. The number of aliphatic hydroxyl groups is 1. The molecule has 21 heavy (non-hydrogen) atoms. The van der Waals surface area contributed by atoms with Gasteiger partial charge in [-0.25, -0.2) is 4.79 Å². The van der Waals surface area contributed by atoms with Crippen molar-refractivity contribution in [2.75, 3.05) is 7.11 Å². The zero-order valence-corrected chi connectivity index (χ0v) is 11.3. The van der Waals surface area contributed by atoms with E-state index in [2.05, 4.69) is 0 Å². The van der Waals surface area contributed by atoms with E-state index in [1.54, 1.807) is 0 Å². The van der Waals surface area contributed by atoms with E-state index < -0.39 is 40.2 Å². The van der Waals surface area contributed by atoms with Crippen LogP contribution in [0.5, 0.6) is 5.75 Å². The Balaban J connectivity index is 3.23. The van der Waals surface area contributed by atoms with Gasteiger partial charge in [0.2, 0.25) is 0 Å². The van der Waals surface area contributed by atoms with E-state index in [-0.39, 0.29) is 5.75 Å². The monoisotopic (exact) mass is 298 g/mol. The second-order valence-electron chi connectivity index (χ2n) is 4.14. The van der Waals surface area contributed by atoms with E-state index in [1.807, 2.05) is 5.32 Å². The highest BCUT2D eigenvalue weighted by Gasteiger charge is 2.30. The molecule has 0 bridgehead atoms. The Bertz CT molecular complexity index is 571. The van der Waals surface area contributed by atoms with Crippen LogP contribution in [0.2, 0.25) is 0 Å². The Morgan fingerprint density at radius 2 is 2.05 bits per heavy atom. The van der Waals surface area contributed by atoms with E-state index in [4.69, 9.17) is 9.84 Å². The molecule has 0 unspecified atom stereocenters. The molecule has 1 aromatic rings. The number of ether oxygens (including phenoxy) is 1. The molecule has 0 aromatic heterocycles. The number of nitrogens with one attached hydrogen (secondary N) is 1. The standard InChI is InChI=1S/C12H14N2O7/c1-6(15)10(12(17)18)13-11(16)9-7(14(19)20)4-3-5-8(9)21-2/h3-6,10,15H,1-2H3,(H,13,16)(H,17,18)/t6-,10+/m1/s1. The van der Waals surface area contributed by atoms with Crippen LogP contribution < -0.4 is 10.1 Å². The molecular weight excluding hydrogens is 284 g/mol. The molecule has 0 fully saturated rings. The zero-order valence-electron chi connectivity index (χ0n) is 11.3. The number of methoxy groups -OCH3 is 1. The summed E-state index contributed by atoms with van der Waals surface area (Å²) in [5.74, 6) is -2.56. The summed E-state index contributed by atoms with van der Waals surface area (Å²) in [5, 5.41) is 31.2. The number of nitro benzene ring substituents is 1. The number of nitrogens with zero attached hydrogens (tertiary/aromatic N) is 1. The molecule has 0 aliphatic rings. The highest BCUT2D eigenvalue weighted by Crippen LogP contribution is 2.28. The van der Waals surface area contributed by atoms with Gasteiger partial charge in [-0.2, -0.15) is 0 Å². The second kappa shape index (κ2) is 6.66. The summed E-state index contributed by atoms with van der Waals surface area (Å²) < 4.78 is 4.88. The summed E-state index contributed by atoms with van der Waals surface area (Å²) >= 11 is 0. The van der Waals surface area contributed by atoms with Gasteiger partial charge in [0.25, 0.3) is 11.6 Å². The van der Waals surface area contributed by atoms with Crippen molar-refractivity contribution >= 4 is 17.6 Å². The maximum atomic E-state index is 12.1. The Morgan fingerprint density at radius 1 is 1.43 bits per heavy atom. The summed E-state index contributed by atoms with van der Waals surface area (Å²) in [6, 6.07) is 2.16. The summed E-state index contributed by atoms with van der Waals surface area (Å²) in [7, 11) is 1.22. The molecule has 9 nitrogen and oxygen atoms in total. The lowest BCUT2D eigenvalue weighted by molar-refractivity contribution is -0.385. The SMILES string of the molecule is COc1cccc([N+](=O)[O-])c1C(=O)N[C@H](C(=O)O)[C@@H](C)O. The normalized spacial score (nSPS) is 13.1. The zero-order chi connectivity index (χ0) is 16.2. The van der Waals surface area contributed by atoms with Crippen molar-refractivity contribution in [1.29, 1.82) is 0 Å². The molecule has 1 amide bonds. The molecule has 0 spiro atoms. The van der Waals surface area contributed by atoms with Gasteiger partial charge in [-0.15, -0.1) is 0 Å². The molecular formula is C12H14N2O7. The van der Waals surface area contributed by atoms with Crippen LogP contribution >= 0.6 is 0 Å². The Labute approximate surface area is 119 Å². The van der Waals surface area contributed by atoms with Crippen LogP contribution in [0.15, 0.2) is 18.2 Å². The number of carbonyl (C=O) groups is 2.